The Balaban J connectivity index is 1.85. The van der Waals surface area contributed by atoms with Gasteiger partial charge in [0.2, 0.25) is 0 Å². The molecule has 0 aromatic heterocycles. The second-order valence-electron chi connectivity index (χ2n) is 7.63. The van der Waals surface area contributed by atoms with Crippen LogP contribution in [0.1, 0.15) is 59.3 Å². The number of rotatable bonds is 3. The highest BCUT2D eigenvalue weighted by atomic mass is 16.5. The highest BCUT2D eigenvalue weighted by molar-refractivity contribution is 6.02. The number of hydrogen-bond acceptors (Lipinski definition) is 5. The van der Waals surface area contributed by atoms with E-state index >= 15 is 0 Å². The first kappa shape index (κ1) is 17.5. The fraction of sp³-hybridized carbons (Fsp3) is 0.619. The SMILES string of the molecule is CCCC1CCC2=C3OC(C)CC(=O)C3=C3OC(=O)C=C(CC)C3C2O1. The normalized spacial score (nSPS) is 33.7. The van der Waals surface area contributed by atoms with E-state index in [1.54, 1.807) is 6.08 Å². The molecule has 0 aromatic carbocycles. The van der Waals surface area contributed by atoms with E-state index in [0.29, 0.717) is 23.5 Å². The Morgan fingerprint density at radius 2 is 2.04 bits per heavy atom. The zero-order valence-electron chi connectivity index (χ0n) is 15.7. The van der Waals surface area contributed by atoms with Crippen molar-refractivity contribution in [3.63, 3.8) is 0 Å². The first-order valence-electron chi connectivity index (χ1n) is 9.78. The van der Waals surface area contributed by atoms with Gasteiger partial charge in [-0.05, 0) is 38.2 Å². The number of hydrogen-bond donors (Lipinski definition) is 0. The molecule has 5 heteroatoms. The molecule has 0 aromatic rings. The van der Waals surface area contributed by atoms with Crippen molar-refractivity contribution in [3.8, 4) is 0 Å². The molecule has 3 heterocycles. The molecule has 0 N–H and O–H groups in total. The summed E-state index contributed by atoms with van der Waals surface area (Å²) in [5.41, 5.74) is 2.52. The quantitative estimate of drug-likeness (QED) is 0.719. The molecule has 4 aliphatic rings. The van der Waals surface area contributed by atoms with Crippen molar-refractivity contribution in [2.75, 3.05) is 0 Å². The highest BCUT2D eigenvalue weighted by Gasteiger charge is 2.49. The lowest BCUT2D eigenvalue weighted by molar-refractivity contribution is -0.138. The van der Waals surface area contributed by atoms with Gasteiger partial charge in [0.1, 0.15) is 17.6 Å². The zero-order chi connectivity index (χ0) is 18.4. The van der Waals surface area contributed by atoms with Crippen molar-refractivity contribution in [2.45, 2.75) is 77.6 Å². The Morgan fingerprint density at radius 1 is 1.23 bits per heavy atom. The van der Waals surface area contributed by atoms with E-state index < -0.39 is 5.97 Å². The highest BCUT2D eigenvalue weighted by Crippen LogP contribution is 2.49. The van der Waals surface area contributed by atoms with Gasteiger partial charge in [0.05, 0.1) is 23.7 Å². The van der Waals surface area contributed by atoms with Crippen LogP contribution in [-0.4, -0.2) is 30.1 Å². The van der Waals surface area contributed by atoms with E-state index in [1.807, 2.05) is 13.8 Å². The molecule has 140 valence electrons. The molecule has 0 spiro atoms. The van der Waals surface area contributed by atoms with Crippen molar-refractivity contribution in [1.29, 1.82) is 0 Å². The van der Waals surface area contributed by atoms with Crippen molar-refractivity contribution in [1.82, 2.24) is 0 Å². The second kappa shape index (κ2) is 6.69. The standard InChI is InChI=1S/C21H26O5/c1-4-6-13-7-8-14-19(25-13)17-12(5-2)10-16(23)26-21(17)18-15(22)9-11(3)24-20(14)18/h10-11,13,17,19H,4-9H2,1-3H3. The maximum absolute atomic E-state index is 12.8. The predicted molar refractivity (Wildman–Crippen MR) is 95.0 cm³/mol. The molecule has 4 unspecified atom stereocenters. The van der Waals surface area contributed by atoms with E-state index in [9.17, 15) is 9.59 Å². The summed E-state index contributed by atoms with van der Waals surface area (Å²) >= 11 is 0. The molecule has 4 rings (SSSR count). The van der Waals surface area contributed by atoms with Gasteiger partial charge in [-0.15, -0.1) is 0 Å². The van der Waals surface area contributed by atoms with Crippen molar-refractivity contribution in [3.05, 3.63) is 34.3 Å². The summed E-state index contributed by atoms with van der Waals surface area (Å²) in [5, 5.41) is 0. The van der Waals surface area contributed by atoms with Gasteiger partial charge in [-0.3, -0.25) is 4.79 Å². The lowest BCUT2D eigenvalue weighted by Crippen LogP contribution is -2.45. The number of fused-ring (bicyclic) bond motifs is 4. The number of ketones is 1. The third-order valence-corrected chi connectivity index (χ3v) is 5.77. The molecular weight excluding hydrogens is 332 g/mol. The van der Waals surface area contributed by atoms with Gasteiger partial charge in [0.15, 0.2) is 5.78 Å². The summed E-state index contributed by atoms with van der Waals surface area (Å²) in [6.45, 7) is 6.09. The van der Waals surface area contributed by atoms with Gasteiger partial charge in [-0.25, -0.2) is 4.79 Å². The summed E-state index contributed by atoms with van der Waals surface area (Å²) in [4.78, 5) is 24.9. The van der Waals surface area contributed by atoms with Gasteiger partial charge in [-0.2, -0.15) is 0 Å². The maximum atomic E-state index is 12.8. The minimum atomic E-state index is -0.407. The summed E-state index contributed by atoms with van der Waals surface area (Å²) < 4.78 is 18.2. The van der Waals surface area contributed by atoms with E-state index in [4.69, 9.17) is 14.2 Å². The third-order valence-electron chi connectivity index (χ3n) is 5.77. The third kappa shape index (κ3) is 2.73. The Hall–Kier alpha value is -1.88. The minimum Gasteiger partial charge on any atom is -0.489 e. The molecule has 1 aliphatic carbocycles. The number of carbonyl (C=O) groups excluding carboxylic acids is 2. The zero-order valence-corrected chi connectivity index (χ0v) is 15.7. The largest absolute Gasteiger partial charge is 0.489 e. The monoisotopic (exact) mass is 358 g/mol. The maximum Gasteiger partial charge on any atom is 0.335 e. The Kier molecular flexibility index (Phi) is 4.51. The fourth-order valence-electron chi connectivity index (χ4n) is 4.62. The summed E-state index contributed by atoms with van der Waals surface area (Å²) in [7, 11) is 0. The average molecular weight is 358 g/mol. The minimum absolute atomic E-state index is 0.00512. The number of esters is 1. The predicted octanol–water partition coefficient (Wildman–Crippen LogP) is 3.74. The van der Waals surface area contributed by atoms with Crippen LogP contribution in [0, 0.1) is 5.92 Å². The van der Waals surface area contributed by atoms with E-state index in [-0.39, 0.29) is 30.0 Å². The molecule has 0 bridgehead atoms. The van der Waals surface area contributed by atoms with Gasteiger partial charge in [-0.1, -0.05) is 20.3 Å². The Morgan fingerprint density at radius 3 is 2.77 bits per heavy atom. The van der Waals surface area contributed by atoms with Gasteiger partial charge in [0.25, 0.3) is 0 Å². The molecule has 2 saturated heterocycles. The van der Waals surface area contributed by atoms with Crippen molar-refractivity contribution in [2.24, 2.45) is 5.92 Å². The van der Waals surface area contributed by atoms with Gasteiger partial charge < -0.3 is 14.2 Å². The Labute approximate surface area is 154 Å². The van der Waals surface area contributed by atoms with Crippen LogP contribution in [-0.2, 0) is 23.8 Å². The number of carbonyl (C=O) groups is 2. The molecule has 0 saturated carbocycles. The Bertz CT molecular complexity index is 742. The van der Waals surface area contributed by atoms with Crippen LogP contribution in [0.4, 0.5) is 0 Å². The summed E-state index contributed by atoms with van der Waals surface area (Å²) in [6, 6.07) is 0. The van der Waals surface area contributed by atoms with Gasteiger partial charge in [0, 0.05) is 18.1 Å². The summed E-state index contributed by atoms with van der Waals surface area (Å²) in [6.07, 6.45) is 6.33. The number of allylic oxidation sites excluding steroid dienone is 1. The van der Waals surface area contributed by atoms with E-state index in [2.05, 4.69) is 6.92 Å². The molecule has 3 aliphatic heterocycles. The van der Waals surface area contributed by atoms with Crippen LogP contribution in [0.15, 0.2) is 34.3 Å². The second-order valence-corrected chi connectivity index (χ2v) is 7.63. The van der Waals surface area contributed by atoms with Crippen LogP contribution >= 0.6 is 0 Å². The first-order valence-corrected chi connectivity index (χ1v) is 9.78. The molecule has 4 atom stereocenters. The number of ether oxygens (including phenoxy) is 3. The lowest BCUT2D eigenvalue weighted by atomic mass is 9.73. The van der Waals surface area contributed by atoms with Crippen LogP contribution in [0.2, 0.25) is 0 Å². The lowest BCUT2D eigenvalue weighted by Gasteiger charge is -2.45. The van der Waals surface area contributed by atoms with Crippen molar-refractivity contribution < 1.29 is 23.8 Å². The average Bonchev–Trinajstić information content (AvgIpc) is 2.60. The smallest absolute Gasteiger partial charge is 0.335 e. The van der Waals surface area contributed by atoms with E-state index in [0.717, 1.165) is 43.3 Å². The van der Waals surface area contributed by atoms with E-state index in [1.165, 1.54) is 0 Å². The first-order chi connectivity index (χ1) is 12.5. The van der Waals surface area contributed by atoms with Crippen LogP contribution in [0.25, 0.3) is 0 Å². The molecule has 5 nitrogen and oxygen atoms in total. The summed E-state index contributed by atoms with van der Waals surface area (Å²) in [5.74, 6) is 0.477. The van der Waals surface area contributed by atoms with Crippen LogP contribution in [0.3, 0.4) is 0 Å². The molecule has 0 amide bonds. The number of Topliss-reactive ketones (excluding diaryl/α,β-unsaturated/α-hetero) is 1. The molecular formula is C21H26O5. The van der Waals surface area contributed by atoms with Crippen molar-refractivity contribution >= 4 is 11.8 Å². The van der Waals surface area contributed by atoms with Crippen LogP contribution < -0.4 is 0 Å². The van der Waals surface area contributed by atoms with Gasteiger partial charge >= 0.3 is 5.97 Å². The molecule has 26 heavy (non-hydrogen) atoms. The molecule has 0 radical (unpaired) electrons. The molecule has 2 fully saturated rings. The topological polar surface area (TPSA) is 61.8 Å². The van der Waals surface area contributed by atoms with Crippen LogP contribution in [0.5, 0.6) is 0 Å². The fourth-order valence-corrected chi connectivity index (χ4v) is 4.62.